The number of halogens is 1. The normalized spacial score (nSPS) is 11.7. The van der Waals surface area contributed by atoms with Gasteiger partial charge in [-0.3, -0.25) is 0 Å². The van der Waals surface area contributed by atoms with E-state index in [2.05, 4.69) is 45.0 Å². The lowest BCUT2D eigenvalue weighted by molar-refractivity contribution is 0.416. The predicted molar refractivity (Wildman–Crippen MR) is 157 cm³/mol. The summed E-state index contributed by atoms with van der Waals surface area (Å²) in [7, 11) is 1.62. The third-order valence-corrected chi connectivity index (χ3v) is 7.31. The summed E-state index contributed by atoms with van der Waals surface area (Å²) >= 11 is 7.77. The van der Waals surface area contributed by atoms with E-state index in [1.54, 1.807) is 11.7 Å². The van der Waals surface area contributed by atoms with Crippen LogP contribution in [0.25, 0.3) is 28.3 Å². The third-order valence-electron chi connectivity index (χ3n) is 6.38. The van der Waals surface area contributed by atoms with Crippen molar-refractivity contribution in [3.8, 4) is 28.4 Å². The lowest BCUT2D eigenvalue weighted by Crippen LogP contribution is -2.06. The first-order valence-corrected chi connectivity index (χ1v) is 13.9. The van der Waals surface area contributed by atoms with E-state index in [-0.39, 0.29) is 5.92 Å². The zero-order valence-corrected chi connectivity index (χ0v) is 23.6. The summed E-state index contributed by atoms with van der Waals surface area (Å²) in [6.45, 7) is 4.82. The van der Waals surface area contributed by atoms with Crippen LogP contribution in [0.5, 0.6) is 5.75 Å². The van der Waals surface area contributed by atoms with Gasteiger partial charge in [0.2, 0.25) is 5.13 Å². The van der Waals surface area contributed by atoms with Gasteiger partial charge < -0.3 is 9.30 Å². The molecule has 3 heterocycles. The van der Waals surface area contributed by atoms with Crippen molar-refractivity contribution in [1.82, 2.24) is 28.8 Å². The molecule has 6 aromatic rings. The van der Waals surface area contributed by atoms with Crippen LogP contribution in [0.1, 0.15) is 31.2 Å². The molecule has 6 rings (SSSR count). The molecule has 0 amide bonds. The number of hydrogen-bond acceptors (Lipinski definition) is 8. The molecule has 0 unspecified atom stereocenters. The summed E-state index contributed by atoms with van der Waals surface area (Å²) in [6.07, 6.45) is 0. The van der Waals surface area contributed by atoms with E-state index in [1.165, 1.54) is 0 Å². The number of methoxy groups -OCH3 is 1. The summed E-state index contributed by atoms with van der Waals surface area (Å²) in [4.78, 5) is 4.60. The van der Waals surface area contributed by atoms with Crippen molar-refractivity contribution in [2.45, 2.75) is 26.3 Å². The minimum atomic E-state index is 0.158. The topological polar surface area (TPSA) is 94.9 Å². The van der Waals surface area contributed by atoms with E-state index in [0.717, 1.165) is 39.7 Å². The van der Waals surface area contributed by atoms with Gasteiger partial charge in [-0.2, -0.15) is 9.36 Å². The number of azo groups is 1. The molecule has 11 heteroatoms. The zero-order valence-electron chi connectivity index (χ0n) is 22.1. The van der Waals surface area contributed by atoms with Crippen LogP contribution in [-0.4, -0.2) is 35.9 Å². The number of nitrogens with zero attached hydrogens (tertiary/aromatic N) is 8. The fraction of sp³-hybridized carbons (Fsp3) is 0.172. The van der Waals surface area contributed by atoms with Crippen molar-refractivity contribution >= 4 is 39.6 Å². The Bertz CT molecular complexity index is 1820. The van der Waals surface area contributed by atoms with Crippen molar-refractivity contribution in [2.24, 2.45) is 10.2 Å². The molecule has 9 nitrogen and oxygen atoms in total. The summed E-state index contributed by atoms with van der Waals surface area (Å²) < 4.78 is 13.7. The molecule has 0 fully saturated rings. The third kappa shape index (κ3) is 4.87. The quantitative estimate of drug-likeness (QED) is 0.173. The highest BCUT2D eigenvalue weighted by Gasteiger charge is 2.25. The fourth-order valence-corrected chi connectivity index (χ4v) is 5.26. The average Bonchev–Trinajstić information content (AvgIpc) is 3.68. The number of fused-ring (bicyclic) bond motifs is 1. The Morgan fingerprint density at radius 3 is 2.38 bits per heavy atom. The average molecular weight is 569 g/mol. The van der Waals surface area contributed by atoms with E-state index in [0.29, 0.717) is 39.7 Å². The molecule has 0 aliphatic carbocycles. The number of aromatic nitrogens is 6. The molecular formula is C29H25ClN8OS. The van der Waals surface area contributed by atoms with Crippen molar-refractivity contribution in [2.75, 3.05) is 7.11 Å². The molecule has 0 saturated carbocycles. The molecule has 0 aliphatic heterocycles. The largest absolute Gasteiger partial charge is 0.496 e. The van der Waals surface area contributed by atoms with Crippen LogP contribution in [-0.2, 0) is 6.54 Å². The van der Waals surface area contributed by atoms with E-state index >= 15 is 0 Å². The molecule has 0 atom stereocenters. The van der Waals surface area contributed by atoms with Gasteiger partial charge in [-0.15, -0.1) is 25.1 Å². The van der Waals surface area contributed by atoms with Crippen LogP contribution in [0.15, 0.2) is 89.1 Å². The van der Waals surface area contributed by atoms with Gasteiger partial charge in [-0.25, -0.2) is 0 Å². The smallest absolute Gasteiger partial charge is 0.249 e. The van der Waals surface area contributed by atoms with E-state index in [4.69, 9.17) is 31.6 Å². The Balaban J connectivity index is 1.50. The van der Waals surface area contributed by atoms with Crippen molar-refractivity contribution in [3.63, 3.8) is 0 Å². The maximum absolute atomic E-state index is 6.61. The fourth-order valence-electron chi connectivity index (χ4n) is 4.52. The number of hydrogen-bond donors (Lipinski definition) is 0. The first-order chi connectivity index (χ1) is 19.5. The first kappa shape index (κ1) is 25.8. The van der Waals surface area contributed by atoms with Gasteiger partial charge in [0, 0.05) is 23.0 Å². The number of ether oxygens (including phenoxy) is 1. The van der Waals surface area contributed by atoms with Gasteiger partial charge in [-0.05, 0) is 23.8 Å². The van der Waals surface area contributed by atoms with Crippen LogP contribution >= 0.6 is 23.1 Å². The second-order valence-corrected chi connectivity index (χ2v) is 10.5. The van der Waals surface area contributed by atoms with Crippen molar-refractivity contribution in [1.29, 1.82) is 0 Å². The maximum atomic E-state index is 6.61. The highest BCUT2D eigenvalue weighted by atomic mass is 35.5. The standard InChI is InChI=1S/C29H25ClN8OS/c1-18(2)27-35-38-28(37(27)17-19-11-5-4-6-12-19)25(24(34-38)20-13-7-9-15-22(20)30)32-33-29-31-26(36-40-29)21-14-8-10-16-23(21)39-3/h4-16,18H,17H2,1-3H3. The molecule has 0 N–H and O–H groups in total. The summed E-state index contributed by atoms with van der Waals surface area (Å²) in [5.74, 6) is 2.27. The van der Waals surface area contributed by atoms with Gasteiger partial charge in [0.15, 0.2) is 17.2 Å². The molecular weight excluding hydrogens is 544 g/mol. The second kappa shape index (κ2) is 11.0. The molecule has 40 heavy (non-hydrogen) atoms. The van der Waals surface area contributed by atoms with Crippen LogP contribution in [0.3, 0.4) is 0 Å². The highest BCUT2D eigenvalue weighted by Crippen LogP contribution is 2.39. The van der Waals surface area contributed by atoms with E-state index < -0.39 is 0 Å². The van der Waals surface area contributed by atoms with Crippen molar-refractivity contribution in [3.05, 3.63) is 95.3 Å². The van der Waals surface area contributed by atoms with Crippen LogP contribution in [0.4, 0.5) is 10.8 Å². The van der Waals surface area contributed by atoms with Gasteiger partial charge in [-0.1, -0.05) is 86.1 Å². The van der Waals surface area contributed by atoms with Gasteiger partial charge in [0.1, 0.15) is 17.3 Å². The zero-order chi connectivity index (χ0) is 27.6. The lowest BCUT2D eigenvalue weighted by Gasteiger charge is -2.11. The molecule has 0 spiro atoms. The Morgan fingerprint density at radius 2 is 1.62 bits per heavy atom. The second-order valence-electron chi connectivity index (χ2n) is 9.38. The summed E-state index contributed by atoms with van der Waals surface area (Å²) in [5, 5.41) is 19.9. The monoisotopic (exact) mass is 568 g/mol. The molecule has 200 valence electrons. The number of rotatable bonds is 8. The van der Waals surface area contributed by atoms with Gasteiger partial charge >= 0.3 is 0 Å². The minimum absolute atomic E-state index is 0.158. The molecule has 0 aliphatic rings. The van der Waals surface area contributed by atoms with Crippen LogP contribution < -0.4 is 4.74 Å². The van der Waals surface area contributed by atoms with Gasteiger partial charge in [0.05, 0.1) is 24.2 Å². The minimum Gasteiger partial charge on any atom is -0.496 e. The number of para-hydroxylation sites is 1. The molecule has 0 saturated heterocycles. The van der Waals surface area contributed by atoms with E-state index in [1.807, 2.05) is 66.7 Å². The SMILES string of the molecule is COc1ccccc1-c1nsc(N=Nc2c(-c3ccccc3Cl)nn3nc(C(C)C)n(Cc4ccccc4)c23)n1. The Morgan fingerprint density at radius 1 is 0.900 bits per heavy atom. The highest BCUT2D eigenvalue weighted by molar-refractivity contribution is 7.09. The first-order valence-electron chi connectivity index (χ1n) is 12.7. The summed E-state index contributed by atoms with van der Waals surface area (Å²) in [5.41, 5.74) is 4.53. The lowest BCUT2D eigenvalue weighted by atomic mass is 10.1. The Kier molecular flexibility index (Phi) is 7.10. The van der Waals surface area contributed by atoms with E-state index in [9.17, 15) is 0 Å². The molecule has 0 radical (unpaired) electrons. The molecule has 3 aromatic carbocycles. The molecule has 3 aromatic heterocycles. The maximum Gasteiger partial charge on any atom is 0.249 e. The Labute approximate surface area is 239 Å². The van der Waals surface area contributed by atoms with Crippen molar-refractivity contribution < 1.29 is 4.74 Å². The predicted octanol–water partition coefficient (Wildman–Crippen LogP) is 7.97. The van der Waals surface area contributed by atoms with Crippen LogP contribution in [0, 0.1) is 0 Å². The Hall–Kier alpha value is -4.41. The van der Waals surface area contributed by atoms with Crippen LogP contribution in [0.2, 0.25) is 5.02 Å². The number of benzene rings is 3. The molecule has 0 bridgehead atoms. The van der Waals surface area contributed by atoms with Gasteiger partial charge in [0.25, 0.3) is 0 Å². The summed E-state index contributed by atoms with van der Waals surface area (Å²) in [6, 6.07) is 25.4.